The lowest BCUT2D eigenvalue weighted by Crippen LogP contribution is -2.20. The van der Waals surface area contributed by atoms with Crippen LogP contribution in [0.15, 0.2) is 4.90 Å². The van der Waals surface area contributed by atoms with Gasteiger partial charge in [0.2, 0.25) is 0 Å². The summed E-state index contributed by atoms with van der Waals surface area (Å²) in [6, 6.07) is 0. The van der Waals surface area contributed by atoms with Gasteiger partial charge in [-0.3, -0.25) is 4.31 Å². The molecule has 0 N–H and O–H groups in total. The second-order valence-corrected chi connectivity index (χ2v) is 6.43. The minimum absolute atomic E-state index is 0.155. The molecule has 0 saturated heterocycles. The van der Waals surface area contributed by atoms with E-state index in [4.69, 9.17) is 0 Å². The van der Waals surface area contributed by atoms with Crippen LogP contribution in [0.5, 0.6) is 0 Å². The first-order chi connectivity index (χ1) is 8.07. The molecular weight excluding hydrogens is 266 g/mol. The molecule has 0 fully saturated rings. The van der Waals surface area contributed by atoms with Crippen LogP contribution in [0.1, 0.15) is 26.3 Å². The van der Waals surface area contributed by atoms with Crippen LogP contribution in [0.25, 0.3) is 0 Å². The average molecular weight is 281 g/mol. The van der Waals surface area contributed by atoms with Crippen molar-refractivity contribution < 1.29 is 17.6 Å². The second kappa shape index (κ2) is 5.09. The van der Waals surface area contributed by atoms with Crippen molar-refractivity contribution in [1.29, 1.82) is 0 Å². The lowest BCUT2D eigenvalue weighted by molar-refractivity contribution is 0.376. The molecule has 0 unspecified atom stereocenters. The molecular formula is C12H15F4NS. The fraction of sp³-hybridized carbons (Fsp3) is 0.500. The summed E-state index contributed by atoms with van der Waals surface area (Å²) in [5, 5.41) is 0. The maximum atomic E-state index is 13.8. The molecule has 1 aromatic carbocycles. The van der Waals surface area contributed by atoms with Crippen molar-refractivity contribution >= 4 is 11.9 Å². The Morgan fingerprint density at radius 3 is 1.67 bits per heavy atom. The maximum Gasteiger partial charge on any atom is 0.198 e. The third-order valence-corrected chi connectivity index (χ3v) is 3.18. The molecule has 0 bridgehead atoms. The summed E-state index contributed by atoms with van der Waals surface area (Å²) in [5.74, 6) is -6.21. The van der Waals surface area contributed by atoms with Gasteiger partial charge in [-0.15, -0.1) is 0 Å². The van der Waals surface area contributed by atoms with Gasteiger partial charge in [0.25, 0.3) is 0 Å². The number of hydrogen-bond acceptors (Lipinski definition) is 2. The van der Waals surface area contributed by atoms with Crippen molar-refractivity contribution in [1.82, 2.24) is 4.31 Å². The topological polar surface area (TPSA) is 3.24 Å². The molecule has 0 aliphatic carbocycles. The molecule has 0 aliphatic rings. The zero-order chi connectivity index (χ0) is 14.2. The first kappa shape index (κ1) is 15.3. The van der Waals surface area contributed by atoms with E-state index in [0.29, 0.717) is 0 Å². The summed E-state index contributed by atoms with van der Waals surface area (Å²) in [4.78, 5) is -0.219. The minimum atomic E-state index is -1.77. The van der Waals surface area contributed by atoms with E-state index in [-0.39, 0.29) is 10.5 Å². The molecule has 0 amide bonds. The number of rotatable bonds is 2. The summed E-state index contributed by atoms with van der Waals surface area (Å²) in [5.41, 5.74) is -0.991. The van der Waals surface area contributed by atoms with Crippen LogP contribution < -0.4 is 0 Å². The van der Waals surface area contributed by atoms with Crippen LogP contribution in [0, 0.1) is 23.3 Å². The van der Waals surface area contributed by atoms with Crippen LogP contribution in [-0.2, 0) is 5.41 Å². The molecule has 1 rings (SSSR count). The molecule has 0 saturated carbocycles. The molecule has 1 nitrogen and oxygen atoms in total. The van der Waals surface area contributed by atoms with Crippen LogP contribution in [0.2, 0.25) is 0 Å². The van der Waals surface area contributed by atoms with E-state index in [9.17, 15) is 17.6 Å². The van der Waals surface area contributed by atoms with Gasteiger partial charge in [-0.1, -0.05) is 20.8 Å². The van der Waals surface area contributed by atoms with E-state index in [2.05, 4.69) is 0 Å². The summed E-state index contributed by atoms with van der Waals surface area (Å²) in [6.07, 6.45) is 0. The molecule has 0 spiro atoms. The Bertz CT molecular complexity index is 466. The highest BCUT2D eigenvalue weighted by Crippen LogP contribution is 2.39. The highest BCUT2D eigenvalue weighted by molar-refractivity contribution is 7.97. The first-order valence-corrected chi connectivity index (χ1v) is 6.06. The monoisotopic (exact) mass is 281 g/mol. The van der Waals surface area contributed by atoms with E-state index >= 15 is 0 Å². The average Bonchev–Trinajstić information content (AvgIpc) is 2.20. The van der Waals surface area contributed by atoms with Crippen LogP contribution in [0.3, 0.4) is 0 Å². The van der Waals surface area contributed by atoms with E-state index in [0.717, 1.165) is 11.9 Å². The van der Waals surface area contributed by atoms with Gasteiger partial charge in [-0.2, -0.15) is 0 Å². The first-order valence-electron chi connectivity index (χ1n) is 5.29. The van der Waals surface area contributed by atoms with Crippen molar-refractivity contribution in [2.75, 3.05) is 14.1 Å². The molecule has 0 atom stereocenters. The predicted molar refractivity (Wildman–Crippen MR) is 64.5 cm³/mol. The Labute approximate surface area is 108 Å². The summed E-state index contributed by atoms with van der Waals surface area (Å²) < 4.78 is 55.6. The van der Waals surface area contributed by atoms with Crippen molar-refractivity contribution in [2.45, 2.75) is 31.1 Å². The second-order valence-electron chi connectivity index (χ2n) is 5.11. The van der Waals surface area contributed by atoms with Crippen molar-refractivity contribution in [2.24, 2.45) is 0 Å². The van der Waals surface area contributed by atoms with Crippen molar-refractivity contribution in [3.63, 3.8) is 0 Å². The molecule has 1 aromatic rings. The molecule has 0 aliphatic heterocycles. The molecule has 6 heteroatoms. The van der Waals surface area contributed by atoms with E-state index in [1.165, 1.54) is 4.31 Å². The SMILES string of the molecule is CN(C)Sc1c(F)c(F)c(F)c(F)c1C(C)(C)C. The summed E-state index contributed by atoms with van der Waals surface area (Å²) in [7, 11) is 3.21. The van der Waals surface area contributed by atoms with Gasteiger partial charge in [-0.05, 0) is 31.5 Å². The van der Waals surface area contributed by atoms with E-state index in [1.54, 1.807) is 34.9 Å². The lowest BCUT2D eigenvalue weighted by atomic mass is 9.86. The van der Waals surface area contributed by atoms with Crippen LogP contribution in [-0.4, -0.2) is 18.4 Å². The Morgan fingerprint density at radius 2 is 1.28 bits per heavy atom. The summed E-state index contributed by atoms with van der Waals surface area (Å²) in [6.45, 7) is 4.84. The maximum absolute atomic E-state index is 13.8. The molecule has 18 heavy (non-hydrogen) atoms. The highest BCUT2D eigenvalue weighted by Gasteiger charge is 2.32. The largest absolute Gasteiger partial charge is 0.252 e. The highest BCUT2D eigenvalue weighted by atomic mass is 32.2. The Kier molecular flexibility index (Phi) is 4.33. The minimum Gasteiger partial charge on any atom is -0.252 e. The molecule has 0 radical (unpaired) electrons. The molecule has 102 valence electrons. The zero-order valence-electron chi connectivity index (χ0n) is 10.9. The van der Waals surface area contributed by atoms with Gasteiger partial charge in [0, 0.05) is 5.56 Å². The van der Waals surface area contributed by atoms with Crippen molar-refractivity contribution in [3.8, 4) is 0 Å². The number of nitrogens with zero attached hydrogens (tertiary/aromatic N) is 1. The zero-order valence-corrected chi connectivity index (χ0v) is 11.7. The number of hydrogen-bond donors (Lipinski definition) is 0. The standard InChI is InChI=1S/C12H15F4NS/c1-12(2,3)6-7(13)8(14)9(15)10(16)11(6)18-17(4)5/h1-5H3. The van der Waals surface area contributed by atoms with Gasteiger partial charge in [0.05, 0.1) is 4.90 Å². The van der Waals surface area contributed by atoms with Gasteiger partial charge < -0.3 is 0 Å². The smallest absolute Gasteiger partial charge is 0.198 e. The summed E-state index contributed by atoms with van der Waals surface area (Å²) >= 11 is 0.827. The fourth-order valence-corrected chi connectivity index (χ4v) is 2.57. The Morgan fingerprint density at radius 1 is 0.833 bits per heavy atom. The third-order valence-electron chi connectivity index (χ3n) is 2.25. The van der Waals surface area contributed by atoms with Gasteiger partial charge in [0.1, 0.15) is 0 Å². The van der Waals surface area contributed by atoms with Gasteiger partial charge in [-0.25, -0.2) is 17.6 Å². The van der Waals surface area contributed by atoms with E-state index < -0.39 is 28.7 Å². The quantitative estimate of drug-likeness (QED) is 0.347. The number of halogens is 4. The molecule has 0 aromatic heterocycles. The van der Waals surface area contributed by atoms with Gasteiger partial charge >= 0.3 is 0 Å². The van der Waals surface area contributed by atoms with Crippen LogP contribution >= 0.6 is 11.9 Å². The van der Waals surface area contributed by atoms with Crippen LogP contribution in [0.4, 0.5) is 17.6 Å². The van der Waals surface area contributed by atoms with E-state index in [1.807, 2.05) is 0 Å². The third kappa shape index (κ3) is 2.80. The Hall–Kier alpha value is -0.750. The normalized spacial score (nSPS) is 12.3. The fourth-order valence-electron chi connectivity index (χ4n) is 1.55. The Balaban J connectivity index is 3.65. The predicted octanol–water partition coefficient (Wildman–Crippen LogP) is 4.11. The number of benzene rings is 1. The molecule has 0 heterocycles. The van der Waals surface area contributed by atoms with Crippen molar-refractivity contribution in [3.05, 3.63) is 28.8 Å². The van der Waals surface area contributed by atoms with Gasteiger partial charge in [0.15, 0.2) is 23.3 Å². The lowest BCUT2D eigenvalue weighted by Gasteiger charge is -2.25.